The third-order valence-electron chi connectivity index (χ3n) is 4.54. The second kappa shape index (κ2) is 11.2. The van der Waals surface area contributed by atoms with E-state index >= 15 is 0 Å². The highest BCUT2D eigenvalue weighted by Crippen LogP contribution is 2.25. The Bertz CT molecular complexity index is 882. The van der Waals surface area contributed by atoms with Crippen molar-refractivity contribution in [1.82, 2.24) is 4.72 Å². The van der Waals surface area contributed by atoms with Gasteiger partial charge in [-0.05, 0) is 54.8 Å². The zero-order chi connectivity index (χ0) is 21.3. The van der Waals surface area contributed by atoms with Gasteiger partial charge in [-0.1, -0.05) is 36.6 Å². The highest BCUT2D eigenvalue weighted by molar-refractivity contribution is 7.89. The number of benzene rings is 2. The van der Waals surface area contributed by atoms with Crippen molar-refractivity contribution in [1.29, 1.82) is 0 Å². The molecule has 0 heterocycles. The van der Waals surface area contributed by atoms with Gasteiger partial charge >= 0.3 is 5.97 Å². The lowest BCUT2D eigenvalue weighted by molar-refractivity contribution is -0.140. The number of esters is 1. The van der Waals surface area contributed by atoms with Crippen molar-refractivity contribution in [3.8, 4) is 5.75 Å². The monoisotopic (exact) mass is 439 g/mol. The van der Waals surface area contributed by atoms with Gasteiger partial charge in [0.25, 0.3) is 0 Å². The van der Waals surface area contributed by atoms with E-state index in [-0.39, 0.29) is 10.9 Å². The maximum Gasteiger partial charge on any atom is 0.305 e. The van der Waals surface area contributed by atoms with E-state index in [1.807, 2.05) is 12.1 Å². The second-order valence-corrected chi connectivity index (χ2v) is 8.73. The van der Waals surface area contributed by atoms with Crippen LogP contribution in [0.3, 0.4) is 0 Å². The molecule has 0 spiro atoms. The number of hydrogen-bond acceptors (Lipinski definition) is 5. The Morgan fingerprint density at radius 3 is 2.24 bits per heavy atom. The molecule has 158 valence electrons. The topological polar surface area (TPSA) is 81.7 Å². The number of carbonyl (C=O) groups excluding carboxylic acids is 1. The van der Waals surface area contributed by atoms with Crippen LogP contribution in [-0.2, 0) is 19.6 Å². The highest BCUT2D eigenvalue weighted by atomic mass is 35.5. The van der Waals surface area contributed by atoms with Crippen LogP contribution in [0.4, 0.5) is 0 Å². The number of methoxy groups -OCH3 is 2. The molecule has 0 bridgehead atoms. The molecule has 0 aromatic heterocycles. The summed E-state index contributed by atoms with van der Waals surface area (Å²) in [4.78, 5) is 11.4. The largest absolute Gasteiger partial charge is 0.497 e. The Labute approximate surface area is 177 Å². The SMILES string of the molecule is COC(=O)CCCCCC(NS(=O)(=O)c1ccc(Cl)cc1)c1ccc(OC)cc1. The summed E-state index contributed by atoms with van der Waals surface area (Å²) in [6.07, 6.45) is 3.22. The molecule has 29 heavy (non-hydrogen) atoms. The molecule has 0 aliphatic rings. The molecule has 2 rings (SSSR count). The Balaban J connectivity index is 2.10. The first-order valence-electron chi connectivity index (χ1n) is 9.34. The molecule has 6 nitrogen and oxygen atoms in total. The lowest BCUT2D eigenvalue weighted by Gasteiger charge is -2.20. The van der Waals surface area contributed by atoms with Crippen LogP contribution in [-0.4, -0.2) is 28.6 Å². The van der Waals surface area contributed by atoms with E-state index in [4.69, 9.17) is 16.3 Å². The summed E-state index contributed by atoms with van der Waals surface area (Å²) < 4.78 is 38.3. The summed E-state index contributed by atoms with van der Waals surface area (Å²) in [5, 5.41) is 0.473. The third kappa shape index (κ3) is 7.34. The molecule has 1 unspecified atom stereocenters. The van der Waals surface area contributed by atoms with Gasteiger partial charge in [-0.2, -0.15) is 0 Å². The molecule has 1 N–H and O–H groups in total. The van der Waals surface area contributed by atoms with E-state index in [2.05, 4.69) is 9.46 Å². The first kappa shape index (κ1) is 23.2. The van der Waals surface area contributed by atoms with E-state index in [0.717, 1.165) is 18.4 Å². The van der Waals surface area contributed by atoms with Crippen LogP contribution in [0.2, 0.25) is 5.02 Å². The van der Waals surface area contributed by atoms with Crippen molar-refractivity contribution >= 4 is 27.6 Å². The third-order valence-corrected chi connectivity index (χ3v) is 6.28. The first-order chi connectivity index (χ1) is 13.9. The number of rotatable bonds is 11. The van der Waals surface area contributed by atoms with Crippen LogP contribution in [0.5, 0.6) is 5.75 Å². The van der Waals surface area contributed by atoms with E-state index < -0.39 is 16.1 Å². The second-order valence-electron chi connectivity index (χ2n) is 6.58. The molecule has 0 saturated carbocycles. The molecule has 0 amide bonds. The smallest absolute Gasteiger partial charge is 0.305 e. The van der Waals surface area contributed by atoms with Gasteiger partial charge in [-0.3, -0.25) is 4.79 Å². The number of halogens is 1. The molecule has 2 aromatic rings. The molecule has 1 atom stereocenters. The minimum absolute atomic E-state index is 0.158. The van der Waals surface area contributed by atoms with E-state index in [1.54, 1.807) is 31.4 Å². The molecule has 0 fully saturated rings. The van der Waals surface area contributed by atoms with Crippen molar-refractivity contribution in [2.45, 2.75) is 43.0 Å². The van der Waals surface area contributed by atoms with Crippen LogP contribution in [0.15, 0.2) is 53.4 Å². The summed E-state index contributed by atoms with van der Waals surface area (Å²) in [5.41, 5.74) is 0.844. The zero-order valence-electron chi connectivity index (χ0n) is 16.6. The number of nitrogens with one attached hydrogen (secondary N) is 1. The number of carbonyl (C=O) groups is 1. The van der Waals surface area contributed by atoms with E-state index in [9.17, 15) is 13.2 Å². The predicted octanol–water partition coefficient (Wildman–Crippen LogP) is 4.49. The standard InChI is InChI=1S/C21H26ClNO5S/c1-27-18-12-8-16(9-13-18)20(6-4-3-5-7-21(24)28-2)23-29(25,26)19-14-10-17(22)11-15-19/h8-15,20,23H,3-7H2,1-2H3. The Hall–Kier alpha value is -2.09. The summed E-state index contributed by atoms with van der Waals surface area (Å²) in [7, 11) is -0.765. The Kier molecular flexibility index (Phi) is 8.95. The molecule has 8 heteroatoms. The summed E-state index contributed by atoms with van der Waals surface area (Å²) in [6.45, 7) is 0. The van der Waals surface area contributed by atoms with Crippen LogP contribution >= 0.6 is 11.6 Å². The van der Waals surface area contributed by atoms with Crippen LogP contribution in [0.25, 0.3) is 0 Å². The fourth-order valence-electron chi connectivity index (χ4n) is 2.90. The fraction of sp³-hybridized carbons (Fsp3) is 0.381. The van der Waals surface area contributed by atoms with Gasteiger partial charge < -0.3 is 9.47 Å². The predicted molar refractivity (Wildman–Crippen MR) is 113 cm³/mol. The number of sulfonamides is 1. The van der Waals surface area contributed by atoms with Crippen molar-refractivity contribution in [2.75, 3.05) is 14.2 Å². The van der Waals surface area contributed by atoms with E-state index in [1.165, 1.54) is 19.2 Å². The minimum atomic E-state index is -3.71. The average molecular weight is 440 g/mol. The molecular weight excluding hydrogens is 414 g/mol. The normalized spacial score (nSPS) is 12.4. The highest BCUT2D eigenvalue weighted by Gasteiger charge is 2.21. The Morgan fingerprint density at radius 2 is 1.66 bits per heavy atom. The van der Waals surface area contributed by atoms with Gasteiger partial charge in [-0.25, -0.2) is 13.1 Å². The summed E-state index contributed by atoms with van der Waals surface area (Å²) >= 11 is 5.86. The van der Waals surface area contributed by atoms with Gasteiger partial charge in [0.1, 0.15) is 5.75 Å². The van der Waals surface area contributed by atoms with Crippen molar-refractivity contribution in [3.05, 3.63) is 59.1 Å². The maximum atomic E-state index is 12.8. The van der Waals surface area contributed by atoms with Crippen molar-refractivity contribution in [2.24, 2.45) is 0 Å². The molecule has 0 aliphatic heterocycles. The fourth-order valence-corrected chi connectivity index (χ4v) is 4.28. The quantitative estimate of drug-likeness (QED) is 0.412. The minimum Gasteiger partial charge on any atom is -0.497 e. The number of ether oxygens (including phenoxy) is 2. The number of hydrogen-bond donors (Lipinski definition) is 1. The van der Waals surface area contributed by atoms with Crippen molar-refractivity contribution < 1.29 is 22.7 Å². The summed E-state index contributed by atoms with van der Waals surface area (Å²) in [6, 6.07) is 12.9. The first-order valence-corrected chi connectivity index (χ1v) is 11.2. The van der Waals surface area contributed by atoms with Crippen LogP contribution in [0, 0.1) is 0 Å². The van der Waals surface area contributed by atoms with Gasteiger partial charge in [-0.15, -0.1) is 0 Å². The molecule has 0 aliphatic carbocycles. The van der Waals surface area contributed by atoms with Crippen LogP contribution in [0.1, 0.15) is 43.7 Å². The van der Waals surface area contributed by atoms with Crippen LogP contribution < -0.4 is 9.46 Å². The Morgan fingerprint density at radius 1 is 1.00 bits per heavy atom. The lowest BCUT2D eigenvalue weighted by atomic mass is 10.0. The van der Waals surface area contributed by atoms with Gasteiger partial charge in [0.15, 0.2) is 0 Å². The van der Waals surface area contributed by atoms with E-state index in [0.29, 0.717) is 30.0 Å². The van der Waals surface area contributed by atoms with Crippen molar-refractivity contribution in [3.63, 3.8) is 0 Å². The van der Waals surface area contributed by atoms with Gasteiger partial charge in [0, 0.05) is 17.5 Å². The average Bonchev–Trinajstić information content (AvgIpc) is 2.72. The summed E-state index contributed by atoms with van der Waals surface area (Å²) in [5.74, 6) is 0.464. The van der Waals surface area contributed by atoms with Gasteiger partial charge in [0.2, 0.25) is 10.0 Å². The number of unbranched alkanes of at least 4 members (excludes halogenated alkanes) is 2. The zero-order valence-corrected chi connectivity index (χ0v) is 18.1. The molecular formula is C21H26ClNO5S. The lowest BCUT2D eigenvalue weighted by Crippen LogP contribution is -2.28. The van der Waals surface area contributed by atoms with Gasteiger partial charge in [0.05, 0.1) is 19.1 Å². The molecule has 0 saturated heterocycles. The molecule has 2 aromatic carbocycles. The maximum absolute atomic E-state index is 12.8. The molecule has 0 radical (unpaired) electrons.